The van der Waals surface area contributed by atoms with Crippen LogP contribution in [-0.2, 0) is 4.79 Å². The van der Waals surface area contributed by atoms with E-state index in [9.17, 15) is 9.18 Å². The normalized spacial score (nSPS) is 26.5. The summed E-state index contributed by atoms with van der Waals surface area (Å²) in [7, 11) is 0. The molecule has 1 saturated carbocycles. The minimum Gasteiger partial charge on any atom is -0.332 e. The molecule has 6 rings (SSSR count). The van der Waals surface area contributed by atoms with E-state index in [4.69, 9.17) is 4.52 Å². The van der Waals surface area contributed by atoms with Crippen molar-refractivity contribution in [3.63, 3.8) is 0 Å². The minimum atomic E-state index is -1.24. The van der Waals surface area contributed by atoms with Crippen LogP contribution in [0, 0.1) is 5.92 Å². The fraction of sp³-hybridized carbons (Fsp3) is 0.379. The average molecular weight is 528 g/mol. The number of rotatable bonds is 8. The highest BCUT2D eigenvalue weighted by atomic mass is 19.1. The van der Waals surface area contributed by atoms with E-state index in [1.54, 1.807) is 35.3 Å². The predicted molar refractivity (Wildman–Crippen MR) is 143 cm³/mol. The van der Waals surface area contributed by atoms with Gasteiger partial charge in [-0.2, -0.15) is 4.98 Å². The lowest BCUT2D eigenvalue weighted by molar-refractivity contribution is -0.112. The first-order valence-corrected chi connectivity index (χ1v) is 13.4. The van der Waals surface area contributed by atoms with Crippen molar-refractivity contribution in [1.29, 1.82) is 0 Å². The predicted octanol–water partition coefficient (Wildman–Crippen LogP) is 4.71. The number of nitrogens with zero attached hydrogens (tertiary/aromatic N) is 6. The lowest BCUT2D eigenvalue weighted by atomic mass is 9.87. The van der Waals surface area contributed by atoms with E-state index in [0.717, 1.165) is 50.5 Å². The Kier molecular flexibility index (Phi) is 7.36. The highest BCUT2D eigenvalue weighted by molar-refractivity contribution is 5.74. The zero-order valence-electron chi connectivity index (χ0n) is 21.4. The summed E-state index contributed by atoms with van der Waals surface area (Å²) in [5.41, 5.74) is 3.00. The number of allylic oxidation sites excluding steroid dienone is 6. The molecule has 200 valence electrons. The number of hydrogen-bond acceptors (Lipinski definition) is 8. The van der Waals surface area contributed by atoms with Crippen LogP contribution in [-0.4, -0.2) is 55.2 Å². The Morgan fingerprint density at radius 3 is 2.67 bits per heavy atom. The van der Waals surface area contributed by atoms with Gasteiger partial charge in [0.25, 0.3) is 5.89 Å². The molecule has 0 bridgehead atoms. The van der Waals surface area contributed by atoms with E-state index >= 15 is 0 Å². The van der Waals surface area contributed by atoms with E-state index in [0.29, 0.717) is 23.3 Å². The first-order valence-electron chi connectivity index (χ1n) is 13.4. The Morgan fingerprint density at radius 1 is 1.10 bits per heavy atom. The van der Waals surface area contributed by atoms with Crippen molar-refractivity contribution in [3.05, 3.63) is 78.5 Å². The number of nitrogens with one attached hydrogen (secondary N) is 1. The van der Waals surface area contributed by atoms with Crippen LogP contribution in [0.5, 0.6) is 0 Å². The largest absolute Gasteiger partial charge is 0.332 e. The number of pyridine rings is 1. The van der Waals surface area contributed by atoms with Crippen LogP contribution in [0.15, 0.2) is 77.2 Å². The van der Waals surface area contributed by atoms with E-state index in [1.165, 1.54) is 11.6 Å². The number of carbonyl (C=O) groups is 1. The Labute approximate surface area is 225 Å². The summed E-state index contributed by atoms with van der Waals surface area (Å²) in [6, 6.07) is 3.47. The van der Waals surface area contributed by atoms with Gasteiger partial charge in [-0.05, 0) is 55.9 Å². The highest BCUT2D eigenvalue weighted by Crippen LogP contribution is 2.35. The van der Waals surface area contributed by atoms with E-state index in [1.807, 2.05) is 12.1 Å². The number of halogens is 1. The molecule has 0 radical (unpaired) electrons. The Bertz CT molecular complexity index is 1420. The second-order valence-electron chi connectivity index (χ2n) is 10.2. The molecule has 9 nitrogen and oxygen atoms in total. The van der Waals surface area contributed by atoms with Crippen LogP contribution in [0.4, 0.5) is 4.39 Å². The second kappa shape index (κ2) is 11.4. The lowest BCUT2D eigenvalue weighted by Gasteiger charge is -2.27. The van der Waals surface area contributed by atoms with Crippen LogP contribution in [0.1, 0.15) is 49.9 Å². The number of aromatic nitrogens is 6. The van der Waals surface area contributed by atoms with Crippen LogP contribution in [0.3, 0.4) is 0 Å². The molecule has 3 aliphatic carbocycles. The van der Waals surface area contributed by atoms with Crippen LogP contribution < -0.4 is 5.32 Å². The molecular weight excluding hydrogens is 497 g/mol. The van der Waals surface area contributed by atoms with E-state index < -0.39 is 12.2 Å². The third kappa shape index (κ3) is 5.42. The molecule has 10 heteroatoms. The molecule has 39 heavy (non-hydrogen) atoms. The van der Waals surface area contributed by atoms with Gasteiger partial charge in [0.1, 0.15) is 24.2 Å². The summed E-state index contributed by atoms with van der Waals surface area (Å²) in [6.07, 6.45) is 21.1. The summed E-state index contributed by atoms with van der Waals surface area (Å²) in [5, 5.41) is 16.5. The van der Waals surface area contributed by atoms with Gasteiger partial charge in [-0.15, -0.1) is 5.10 Å². The van der Waals surface area contributed by atoms with Crippen molar-refractivity contribution < 1.29 is 13.7 Å². The maximum absolute atomic E-state index is 14.8. The Morgan fingerprint density at radius 2 is 1.92 bits per heavy atom. The summed E-state index contributed by atoms with van der Waals surface area (Å²) in [6.45, 7) is 0.801. The third-order valence-corrected chi connectivity index (χ3v) is 7.68. The van der Waals surface area contributed by atoms with Crippen molar-refractivity contribution >= 4 is 6.29 Å². The minimum absolute atomic E-state index is 0.0182. The smallest absolute Gasteiger partial charge is 0.280 e. The number of hydrogen-bond donors (Lipinski definition) is 1. The zero-order valence-corrected chi connectivity index (χ0v) is 21.4. The van der Waals surface area contributed by atoms with Gasteiger partial charge in [-0.25, -0.2) is 9.07 Å². The molecule has 0 aromatic carbocycles. The van der Waals surface area contributed by atoms with Gasteiger partial charge in [0.15, 0.2) is 11.5 Å². The number of carbonyl (C=O) groups excluding carboxylic acids is 1. The molecule has 3 aliphatic rings. The molecule has 3 aromatic heterocycles. The molecule has 0 amide bonds. The summed E-state index contributed by atoms with van der Waals surface area (Å²) >= 11 is 0. The number of aldehydes is 1. The quantitative estimate of drug-likeness (QED) is 0.419. The van der Waals surface area contributed by atoms with Crippen molar-refractivity contribution in [1.82, 2.24) is 35.4 Å². The van der Waals surface area contributed by atoms with Gasteiger partial charge >= 0.3 is 0 Å². The fourth-order valence-corrected chi connectivity index (χ4v) is 5.40. The average Bonchev–Trinajstić information content (AvgIpc) is 3.65. The molecule has 0 aliphatic heterocycles. The van der Waals surface area contributed by atoms with Gasteiger partial charge in [0.2, 0.25) is 0 Å². The summed E-state index contributed by atoms with van der Waals surface area (Å²) in [4.78, 5) is 19.7. The topological polar surface area (TPSA) is 112 Å². The third-order valence-electron chi connectivity index (χ3n) is 7.68. The highest BCUT2D eigenvalue weighted by Gasteiger charge is 2.30. The van der Waals surface area contributed by atoms with Gasteiger partial charge in [0, 0.05) is 42.4 Å². The van der Waals surface area contributed by atoms with Gasteiger partial charge in [-0.3, -0.25) is 4.98 Å². The van der Waals surface area contributed by atoms with Crippen molar-refractivity contribution in [2.45, 2.75) is 56.3 Å². The molecule has 3 atom stereocenters. The number of alkyl halides is 1. The van der Waals surface area contributed by atoms with E-state index in [-0.39, 0.29) is 17.7 Å². The zero-order chi connectivity index (χ0) is 26.6. The Balaban J connectivity index is 1.16. The van der Waals surface area contributed by atoms with Gasteiger partial charge in [-0.1, -0.05) is 46.8 Å². The molecular formula is C29H30FN7O2. The first kappa shape index (κ1) is 25.2. The first-order chi connectivity index (χ1) is 19.2. The molecule has 3 aromatic rings. The lowest BCUT2D eigenvalue weighted by Crippen LogP contribution is -2.34. The monoisotopic (exact) mass is 527 g/mol. The van der Waals surface area contributed by atoms with Gasteiger partial charge in [0.05, 0.1) is 0 Å². The molecule has 1 fully saturated rings. The Hall–Kier alpha value is -4.05. The summed E-state index contributed by atoms with van der Waals surface area (Å²) in [5.74, 6) is 1.01. The maximum Gasteiger partial charge on any atom is 0.280 e. The SMILES string of the molecule is O=C[C@H]1CC[C@@H](NCC2=CCC(c3noc(-c4nnn(C5C=CC=CC5F)c4-c4ccncc4)n3)C=C2)CC1. The fourth-order valence-electron chi connectivity index (χ4n) is 5.40. The standard InChI is InChI=1S/C29H30FN7O2/c30-24-3-1-2-4-25(24)37-27(21-13-15-31-16-14-21)26(34-36-37)29-33-28(35-39-29)22-9-5-19(6-10-22)17-32-23-11-7-20(18-38)8-12-23/h1-6,9,13-16,18,20,22-25,32H,7-8,10-12,17H2/t20-,22?,23+,24?,25?. The second-order valence-corrected chi connectivity index (χ2v) is 10.2. The molecule has 0 spiro atoms. The molecule has 3 unspecified atom stereocenters. The van der Waals surface area contributed by atoms with E-state index in [2.05, 4.69) is 49.0 Å². The maximum atomic E-state index is 14.8. The molecule has 1 N–H and O–H groups in total. The summed E-state index contributed by atoms with van der Waals surface area (Å²) < 4.78 is 22.0. The molecule has 0 saturated heterocycles. The van der Waals surface area contributed by atoms with Gasteiger partial charge < -0.3 is 14.6 Å². The molecule has 3 heterocycles. The van der Waals surface area contributed by atoms with Crippen molar-refractivity contribution in [2.75, 3.05) is 6.54 Å². The van der Waals surface area contributed by atoms with Crippen LogP contribution in [0.25, 0.3) is 22.8 Å². The van der Waals surface area contributed by atoms with Crippen LogP contribution >= 0.6 is 0 Å². The van der Waals surface area contributed by atoms with Crippen LogP contribution in [0.2, 0.25) is 0 Å². The van der Waals surface area contributed by atoms with Crippen molar-refractivity contribution in [2.24, 2.45) is 5.92 Å². The van der Waals surface area contributed by atoms with Crippen molar-refractivity contribution in [3.8, 4) is 22.8 Å².